The van der Waals surface area contributed by atoms with E-state index in [9.17, 15) is 19.5 Å². The third-order valence-corrected chi connectivity index (χ3v) is 4.90. The van der Waals surface area contributed by atoms with Crippen LogP contribution in [0, 0.1) is 6.92 Å². The number of carbonyl (C=O) groups excluding carboxylic acids is 2. The highest BCUT2D eigenvalue weighted by atomic mass is 32.1. The van der Waals surface area contributed by atoms with Gasteiger partial charge in [-0.3, -0.25) is 14.4 Å². The summed E-state index contributed by atoms with van der Waals surface area (Å²) in [7, 11) is 2.96. The second kappa shape index (κ2) is 9.75. The second-order valence-corrected chi connectivity index (χ2v) is 7.21. The molecule has 1 aromatic heterocycles. The fraction of sp³-hybridized carbons (Fsp3) is 0.316. The molecule has 0 bridgehead atoms. The summed E-state index contributed by atoms with van der Waals surface area (Å²) >= 11 is 1.33. The van der Waals surface area contributed by atoms with Crippen LogP contribution in [0.2, 0.25) is 0 Å². The van der Waals surface area contributed by atoms with Crippen molar-refractivity contribution >= 4 is 29.1 Å². The van der Waals surface area contributed by atoms with Gasteiger partial charge in [0.2, 0.25) is 5.91 Å². The first-order chi connectivity index (χ1) is 13.3. The number of amides is 2. The molecule has 2 aromatic rings. The molecule has 0 aliphatic heterocycles. The Labute approximate surface area is 166 Å². The number of methoxy groups -OCH3 is 2. The highest BCUT2D eigenvalue weighted by molar-refractivity contribution is 7.13. The zero-order chi connectivity index (χ0) is 20.7. The van der Waals surface area contributed by atoms with Gasteiger partial charge in [-0.1, -0.05) is 6.07 Å². The van der Waals surface area contributed by atoms with E-state index in [1.54, 1.807) is 24.3 Å². The van der Waals surface area contributed by atoms with Gasteiger partial charge in [0.15, 0.2) is 11.5 Å². The van der Waals surface area contributed by atoms with Gasteiger partial charge in [-0.05, 0) is 36.8 Å². The number of benzene rings is 1. The fourth-order valence-corrected chi connectivity index (χ4v) is 3.33. The summed E-state index contributed by atoms with van der Waals surface area (Å²) in [6.45, 7) is 1.62. The van der Waals surface area contributed by atoms with Crippen LogP contribution in [0.5, 0.6) is 11.5 Å². The lowest BCUT2D eigenvalue weighted by Crippen LogP contribution is -2.39. The maximum absolute atomic E-state index is 12.3. The number of hydrogen-bond acceptors (Lipinski definition) is 6. The van der Waals surface area contributed by atoms with Gasteiger partial charge in [0.25, 0.3) is 5.91 Å². The van der Waals surface area contributed by atoms with Crippen molar-refractivity contribution in [2.24, 2.45) is 0 Å². The summed E-state index contributed by atoms with van der Waals surface area (Å²) in [5.74, 6) is -1.01. The molecule has 0 aliphatic rings. The summed E-state index contributed by atoms with van der Waals surface area (Å²) in [6.07, 6.45) is -0.320. The Bertz CT molecular complexity index is 864. The zero-order valence-electron chi connectivity index (χ0n) is 15.8. The van der Waals surface area contributed by atoms with Gasteiger partial charge in [-0.25, -0.2) is 0 Å². The topological polar surface area (TPSA) is 114 Å². The molecule has 0 fully saturated rings. The first-order valence-corrected chi connectivity index (χ1v) is 9.23. The number of thiophene rings is 1. The van der Waals surface area contributed by atoms with Crippen LogP contribution < -0.4 is 20.1 Å². The molecule has 0 spiro atoms. The minimum Gasteiger partial charge on any atom is -0.493 e. The van der Waals surface area contributed by atoms with E-state index in [1.807, 2.05) is 13.0 Å². The number of nitrogens with one attached hydrogen (secondary N) is 2. The molecule has 0 radical (unpaired) electrons. The number of aryl methyl sites for hydroxylation is 1. The number of hydrogen-bond donors (Lipinski definition) is 3. The molecule has 2 rings (SSSR count). The monoisotopic (exact) mass is 406 g/mol. The number of carboxylic acids is 1. The Morgan fingerprint density at radius 3 is 2.39 bits per heavy atom. The molecule has 28 heavy (non-hydrogen) atoms. The molecule has 0 aliphatic carbocycles. The minimum atomic E-state index is -1.07. The van der Waals surface area contributed by atoms with Crippen LogP contribution in [-0.2, 0) is 9.59 Å². The van der Waals surface area contributed by atoms with Crippen LogP contribution in [0.25, 0.3) is 0 Å². The van der Waals surface area contributed by atoms with Crippen molar-refractivity contribution in [3.05, 3.63) is 45.6 Å². The Hall–Kier alpha value is -3.07. The Kier molecular flexibility index (Phi) is 7.39. The molecule has 2 amide bonds. The van der Waals surface area contributed by atoms with E-state index in [0.29, 0.717) is 21.9 Å². The van der Waals surface area contributed by atoms with Gasteiger partial charge in [0.05, 0.1) is 38.1 Å². The van der Waals surface area contributed by atoms with Crippen molar-refractivity contribution in [3.63, 3.8) is 0 Å². The Morgan fingerprint density at radius 1 is 1.11 bits per heavy atom. The summed E-state index contributed by atoms with van der Waals surface area (Å²) in [6, 6.07) is 7.62. The number of carbonyl (C=O) groups is 3. The van der Waals surface area contributed by atoms with E-state index in [-0.39, 0.29) is 18.9 Å². The summed E-state index contributed by atoms with van der Waals surface area (Å²) in [5, 5.41) is 14.3. The van der Waals surface area contributed by atoms with Gasteiger partial charge in [-0.2, -0.15) is 0 Å². The predicted octanol–water partition coefficient (Wildman–Crippen LogP) is 2.14. The normalized spacial score (nSPS) is 11.4. The van der Waals surface area contributed by atoms with E-state index < -0.39 is 17.9 Å². The van der Waals surface area contributed by atoms with E-state index in [1.165, 1.54) is 25.6 Å². The van der Waals surface area contributed by atoms with Crippen molar-refractivity contribution in [1.29, 1.82) is 0 Å². The fourth-order valence-electron chi connectivity index (χ4n) is 2.55. The van der Waals surface area contributed by atoms with Crippen molar-refractivity contribution in [1.82, 2.24) is 10.6 Å². The standard InChI is InChI=1S/C19H22N2O6S/c1-11-4-7-16(28-11)19(25)20-10-17(22)21-13(9-18(23)24)12-5-6-14(26-2)15(8-12)27-3/h4-8,13H,9-10H2,1-3H3,(H,20,25)(H,21,22)(H,23,24)/t13-/m1/s1. The molecule has 1 aromatic carbocycles. The first kappa shape index (κ1) is 21.2. The number of carboxylic acid groups (broad SMARTS) is 1. The Balaban J connectivity index is 2.06. The van der Waals surface area contributed by atoms with Crippen LogP contribution in [0.4, 0.5) is 0 Å². The smallest absolute Gasteiger partial charge is 0.305 e. The molecule has 0 unspecified atom stereocenters. The maximum atomic E-state index is 12.3. The van der Waals surface area contributed by atoms with Gasteiger partial charge in [0.1, 0.15) is 0 Å². The zero-order valence-corrected chi connectivity index (χ0v) is 16.6. The average Bonchev–Trinajstić information content (AvgIpc) is 3.11. The summed E-state index contributed by atoms with van der Waals surface area (Å²) < 4.78 is 10.4. The third kappa shape index (κ3) is 5.71. The van der Waals surface area contributed by atoms with Crippen LogP contribution in [0.15, 0.2) is 30.3 Å². The maximum Gasteiger partial charge on any atom is 0.305 e. The van der Waals surface area contributed by atoms with E-state index in [4.69, 9.17) is 9.47 Å². The number of ether oxygens (including phenoxy) is 2. The predicted molar refractivity (Wildman–Crippen MR) is 104 cm³/mol. The average molecular weight is 406 g/mol. The van der Waals surface area contributed by atoms with Crippen LogP contribution in [0.1, 0.15) is 32.6 Å². The quantitative estimate of drug-likeness (QED) is 0.588. The first-order valence-electron chi connectivity index (χ1n) is 8.41. The molecule has 9 heteroatoms. The number of rotatable bonds is 9. The van der Waals surface area contributed by atoms with Crippen molar-refractivity contribution in [2.75, 3.05) is 20.8 Å². The molecular formula is C19H22N2O6S. The van der Waals surface area contributed by atoms with Crippen LogP contribution in [-0.4, -0.2) is 43.7 Å². The van der Waals surface area contributed by atoms with Crippen molar-refractivity contribution in [3.8, 4) is 11.5 Å². The summed E-state index contributed by atoms with van der Waals surface area (Å²) in [5.41, 5.74) is 0.550. The van der Waals surface area contributed by atoms with Gasteiger partial charge < -0.3 is 25.2 Å². The van der Waals surface area contributed by atoms with Crippen LogP contribution in [0.3, 0.4) is 0 Å². The molecule has 1 atom stereocenters. The molecule has 1 heterocycles. The highest BCUT2D eigenvalue weighted by Gasteiger charge is 2.20. The number of aliphatic carboxylic acids is 1. The minimum absolute atomic E-state index is 0.265. The van der Waals surface area contributed by atoms with E-state index in [0.717, 1.165) is 4.88 Å². The van der Waals surface area contributed by atoms with Gasteiger partial charge in [-0.15, -0.1) is 11.3 Å². The van der Waals surface area contributed by atoms with Crippen molar-refractivity contribution in [2.45, 2.75) is 19.4 Å². The lowest BCUT2D eigenvalue weighted by atomic mass is 10.0. The molecule has 0 saturated heterocycles. The third-order valence-electron chi connectivity index (χ3n) is 3.90. The molecule has 3 N–H and O–H groups in total. The Morgan fingerprint density at radius 2 is 1.82 bits per heavy atom. The van der Waals surface area contributed by atoms with Crippen LogP contribution >= 0.6 is 11.3 Å². The molecular weight excluding hydrogens is 384 g/mol. The van der Waals surface area contributed by atoms with E-state index >= 15 is 0 Å². The SMILES string of the molecule is COc1ccc([C@@H](CC(=O)O)NC(=O)CNC(=O)c2ccc(C)s2)cc1OC. The molecule has 150 valence electrons. The second-order valence-electron chi connectivity index (χ2n) is 5.93. The lowest BCUT2D eigenvalue weighted by molar-refractivity contribution is -0.137. The highest BCUT2D eigenvalue weighted by Crippen LogP contribution is 2.30. The van der Waals surface area contributed by atoms with E-state index in [2.05, 4.69) is 10.6 Å². The van der Waals surface area contributed by atoms with Gasteiger partial charge in [0, 0.05) is 4.88 Å². The van der Waals surface area contributed by atoms with Gasteiger partial charge >= 0.3 is 5.97 Å². The van der Waals surface area contributed by atoms with Crippen molar-refractivity contribution < 1.29 is 29.0 Å². The largest absolute Gasteiger partial charge is 0.493 e. The molecule has 8 nitrogen and oxygen atoms in total. The molecule has 0 saturated carbocycles. The summed E-state index contributed by atoms with van der Waals surface area (Å²) in [4.78, 5) is 37.0. The lowest BCUT2D eigenvalue weighted by Gasteiger charge is -2.19.